The molecule has 1 unspecified atom stereocenters. The Bertz CT molecular complexity index is 591. The van der Waals surface area contributed by atoms with Crippen molar-refractivity contribution in [1.29, 1.82) is 0 Å². The fourth-order valence-corrected chi connectivity index (χ4v) is 2.71. The second-order valence-corrected chi connectivity index (χ2v) is 5.21. The zero-order chi connectivity index (χ0) is 14.1. The third-order valence-corrected chi connectivity index (χ3v) is 3.92. The van der Waals surface area contributed by atoms with Gasteiger partial charge in [-0.1, -0.05) is 12.1 Å². The molecule has 1 saturated heterocycles. The summed E-state index contributed by atoms with van der Waals surface area (Å²) in [6.45, 7) is 1.59. The fourth-order valence-electron chi connectivity index (χ4n) is 2.71. The minimum Gasteiger partial charge on any atom is -0.465 e. The van der Waals surface area contributed by atoms with Crippen molar-refractivity contribution >= 4 is 23.1 Å². The SMILES string of the molecule is CN(C(=O)O)C1CCCN(c2nc3ccccc3[nH]2)C1. The topological polar surface area (TPSA) is 72.5 Å². The molecule has 2 N–H and O–H groups in total. The number of amides is 1. The van der Waals surface area contributed by atoms with Crippen LogP contribution in [-0.4, -0.2) is 52.2 Å². The molecule has 1 aliphatic rings. The summed E-state index contributed by atoms with van der Waals surface area (Å²) in [5.74, 6) is 0.828. The average molecular weight is 274 g/mol. The van der Waals surface area contributed by atoms with Gasteiger partial charge in [-0.05, 0) is 25.0 Å². The van der Waals surface area contributed by atoms with Crippen molar-refractivity contribution in [2.24, 2.45) is 0 Å². The highest BCUT2D eigenvalue weighted by molar-refractivity contribution is 5.77. The van der Waals surface area contributed by atoms with Gasteiger partial charge in [0.15, 0.2) is 0 Å². The number of likely N-dealkylation sites (N-methyl/N-ethyl adjacent to an activating group) is 1. The highest BCUT2D eigenvalue weighted by Gasteiger charge is 2.27. The van der Waals surface area contributed by atoms with E-state index in [-0.39, 0.29) is 6.04 Å². The predicted molar refractivity (Wildman–Crippen MR) is 77.1 cm³/mol. The van der Waals surface area contributed by atoms with E-state index in [1.165, 1.54) is 4.90 Å². The Kier molecular flexibility index (Phi) is 3.22. The van der Waals surface area contributed by atoms with Gasteiger partial charge in [-0.15, -0.1) is 0 Å². The molecule has 2 aromatic rings. The lowest BCUT2D eigenvalue weighted by Gasteiger charge is -2.36. The maximum atomic E-state index is 11.1. The van der Waals surface area contributed by atoms with Crippen molar-refractivity contribution in [2.45, 2.75) is 18.9 Å². The molecule has 3 rings (SSSR count). The van der Waals surface area contributed by atoms with Gasteiger partial charge in [-0.3, -0.25) is 0 Å². The van der Waals surface area contributed by atoms with Crippen molar-refractivity contribution in [3.05, 3.63) is 24.3 Å². The van der Waals surface area contributed by atoms with E-state index in [9.17, 15) is 4.79 Å². The lowest BCUT2D eigenvalue weighted by Crippen LogP contribution is -2.48. The monoisotopic (exact) mass is 274 g/mol. The van der Waals surface area contributed by atoms with Crippen LogP contribution in [0.5, 0.6) is 0 Å². The summed E-state index contributed by atoms with van der Waals surface area (Å²) in [4.78, 5) is 22.5. The van der Waals surface area contributed by atoms with Gasteiger partial charge in [0.2, 0.25) is 5.95 Å². The van der Waals surface area contributed by atoms with E-state index in [1.54, 1.807) is 7.05 Å². The summed E-state index contributed by atoms with van der Waals surface area (Å²) in [6, 6.07) is 7.93. The number of aromatic amines is 1. The van der Waals surface area contributed by atoms with Gasteiger partial charge in [0.05, 0.1) is 17.1 Å². The number of carbonyl (C=O) groups is 1. The van der Waals surface area contributed by atoms with Gasteiger partial charge >= 0.3 is 6.09 Å². The maximum absolute atomic E-state index is 11.1. The zero-order valence-corrected chi connectivity index (χ0v) is 11.4. The summed E-state index contributed by atoms with van der Waals surface area (Å²) in [6.07, 6.45) is 1.00. The highest BCUT2D eigenvalue weighted by Crippen LogP contribution is 2.22. The molecule has 6 nitrogen and oxygen atoms in total. The smallest absolute Gasteiger partial charge is 0.407 e. The Morgan fingerprint density at radius 2 is 2.30 bits per heavy atom. The number of nitrogens with zero attached hydrogens (tertiary/aromatic N) is 3. The van der Waals surface area contributed by atoms with Crippen LogP contribution in [0.1, 0.15) is 12.8 Å². The molecule has 0 aliphatic carbocycles. The Morgan fingerprint density at radius 1 is 1.50 bits per heavy atom. The van der Waals surface area contributed by atoms with Gasteiger partial charge in [-0.25, -0.2) is 9.78 Å². The Labute approximate surface area is 117 Å². The van der Waals surface area contributed by atoms with Crippen molar-refractivity contribution in [1.82, 2.24) is 14.9 Å². The van der Waals surface area contributed by atoms with E-state index in [0.29, 0.717) is 6.54 Å². The second kappa shape index (κ2) is 5.03. The third kappa shape index (κ3) is 2.29. The van der Waals surface area contributed by atoms with Crippen LogP contribution in [0.3, 0.4) is 0 Å². The zero-order valence-electron chi connectivity index (χ0n) is 11.4. The number of para-hydroxylation sites is 2. The van der Waals surface area contributed by atoms with E-state index in [2.05, 4.69) is 14.9 Å². The first-order valence-corrected chi connectivity index (χ1v) is 6.80. The average Bonchev–Trinajstić information content (AvgIpc) is 2.90. The number of rotatable bonds is 2. The second-order valence-electron chi connectivity index (χ2n) is 5.21. The van der Waals surface area contributed by atoms with Crippen LogP contribution in [-0.2, 0) is 0 Å². The first kappa shape index (κ1) is 12.8. The van der Waals surface area contributed by atoms with Crippen molar-refractivity contribution in [3.8, 4) is 0 Å². The molecule has 1 fully saturated rings. The number of aromatic nitrogens is 2. The Morgan fingerprint density at radius 3 is 3.05 bits per heavy atom. The van der Waals surface area contributed by atoms with E-state index in [4.69, 9.17) is 5.11 Å². The largest absolute Gasteiger partial charge is 0.465 e. The van der Waals surface area contributed by atoms with E-state index < -0.39 is 6.09 Å². The standard InChI is InChI=1S/C14H18N4O2/c1-17(14(19)20)10-5-4-8-18(9-10)13-15-11-6-2-3-7-12(11)16-13/h2-3,6-7,10H,4-5,8-9H2,1H3,(H,15,16)(H,19,20). The van der Waals surface area contributed by atoms with E-state index in [1.807, 2.05) is 24.3 Å². The quantitative estimate of drug-likeness (QED) is 0.880. The number of H-pyrrole nitrogens is 1. The number of piperidine rings is 1. The van der Waals surface area contributed by atoms with Crippen LogP contribution in [0.2, 0.25) is 0 Å². The van der Waals surface area contributed by atoms with Gasteiger partial charge < -0.3 is 19.9 Å². The Balaban J connectivity index is 1.81. The number of hydrogen-bond acceptors (Lipinski definition) is 3. The Hall–Kier alpha value is -2.24. The van der Waals surface area contributed by atoms with Gasteiger partial charge in [0.25, 0.3) is 0 Å². The number of carboxylic acid groups (broad SMARTS) is 1. The normalized spacial score (nSPS) is 19.2. The summed E-state index contributed by atoms with van der Waals surface area (Å²) < 4.78 is 0. The highest BCUT2D eigenvalue weighted by atomic mass is 16.4. The van der Waals surface area contributed by atoms with E-state index in [0.717, 1.165) is 36.4 Å². The number of fused-ring (bicyclic) bond motifs is 1. The number of hydrogen-bond donors (Lipinski definition) is 2. The fraction of sp³-hybridized carbons (Fsp3) is 0.429. The van der Waals surface area contributed by atoms with Crippen LogP contribution in [0, 0.1) is 0 Å². The van der Waals surface area contributed by atoms with Crippen LogP contribution < -0.4 is 4.90 Å². The first-order valence-electron chi connectivity index (χ1n) is 6.80. The van der Waals surface area contributed by atoms with Gasteiger partial charge in [-0.2, -0.15) is 0 Å². The van der Waals surface area contributed by atoms with Crippen LogP contribution in [0.15, 0.2) is 24.3 Å². The molecule has 0 saturated carbocycles. The van der Waals surface area contributed by atoms with Crippen molar-refractivity contribution < 1.29 is 9.90 Å². The summed E-state index contributed by atoms with van der Waals surface area (Å²) in [5.41, 5.74) is 1.95. The van der Waals surface area contributed by atoms with Crippen LogP contribution >= 0.6 is 0 Å². The molecule has 106 valence electrons. The predicted octanol–water partition coefficient (Wildman–Crippen LogP) is 2.14. The van der Waals surface area contributed by atoms with Crippen molar-refractivity contribution in [2.75, 3.05) is 25.0 Å². The minimum absolute atomic E-state index is 0.0227. The molecule has 0 spiro atoms. The maximum Gasteiger partial charge on any atom is 0.407 e. The minimum atomic E-state index is -0.874. The molecule has 0 radical (unpaired) electrons. The molecule has 0 bridgehead atoms. The molecule has 2 heterocycles. The molecular weight excluding hydrogens is 256 g/mol. The third-order valence-electron chi connectivity index (χ3n) is 3.92. The van der Waals surface area contributed by atoms with E-state index >= 15 is 0 Å². The molecule has 1 amide bonds. The van der Waals surface area contributed by atoms with Crippen LogP contribution in [0.4, 0.5) is 10.7 Å². The molecule has 1 aromatic carbocycles. The molecular formula is C14H18N4O2. The lowest BCUT2D eigenvalue weighted by molar-refractivity contribution is 0.133. The first-order chi connectivity index (χ1) is 9.65. The lowest BCUT2D eigenvalue weighted by atomic mass is 10.1. The molecule has 20 heavy (non-hydrogen) atoms. The van der Waals surface area contributed by atoms with Crippen molar-refractivity contribution in [3.63, 3.8) is 0 Å². The molecule has 1 aliphatic heterocycles. The summed E-state index contributed by atoms with van der Waals surface area (Å²) in [5, 5.41) is 9.09. The number of imidazole rings is 1. The summed E-state index contributed by atoms with van der Waals surface area (Å²) in [7, 11) is 1.63. The molecule has 6 heteroatoms. The molecule has 1 aromatic heterocycles. The number of anilines is 1. The number of benzene rings is 1. The molecule has 1 atom stereocenters. The summed E-state index contributed by atoms with van der Waals surface area (Å²) >= 11 is 0. The number of nitrogens with one attached hydrogen (secondary N) is 1. The van der Waals surface area contributed by atoms with Gasteiger partial charge in [0.1, 0.15) is 0 Å². The van der Waals surface area contributed by atoms with Gasteiger partial charge in [0, 0.05) is 20.1 Å². The van der Waals surface area contributed by atoms with Crippen LogP contribution in [0.25, 0.3) is 11.0 Å².